The Morgan fingerprint density at radius 2 is 1.88 bits per heavy atom. The highest BCUT2D eigenvalue weighted by Gasteiger charge is 2.31. The van der Waals surface area contributed by atoms with Gasteiger partial charge in [0.25, 0.3) is 6.43 Å². The third-order valence-electron chi connectivity index (χ3n) is 3.91. The van der Waals surface area contributed by atoms with Gasteiger partial charge in [-0.05, 0) is 51.2 Å². The largest absolute Gasteiger partial charge is 0.317 e. The normalized spacial score (nSPS) is 29.8. The Hall–Kier alpha value is -0.220. The molecule has 1 unspecified atom stereocenters. The minimum atomic E-state index is -2.16. The first-order chi connectivity index (χ1) is 7.77. The van der Waals surface area contributed by atoms with Crippen LogP contribution in [0.1, 0.15) is 32.1 Å². The van der Waals surface area contributed by atoms with Crippen LogP contribution >= 0.6 is 0 Å². The van der Waals surface area contributed by atoms with Crippen LogP contribution in [0, 0.1) is 5.92 Å². The summed E-state index contributed by atoms with van der Waals surface area (Å²) in [6.07, 6.45) is 2.87. The van der Waals surface area contributed by atoms with E-state index in [9.17, 15) is 8.78 Å². The molecule has 0 aromatic rings. The van der Waals surface area contributed by atoms with Gasteiger partial charge in [0.05, 0.1) is 6.04 Å². The molecule has 2 nitrogen and oxygen atoms in total. The van der Waals surface area contributed by atoms with Gasteiger partial charge in [0.15, 0.2) is 0 Å². The number of likely N-dealkylation sites (tertiary alicyclic amines) is 1. The van der Waals surface area contributed by atoms with E-state index in [2.05, 4.69) is 5.32 Å². The lowest BCUT2D eigenvalue weighted by atomic mass is 9.94. The molecule has 2 saturated heterocycles. The molecule has 0 aromatic carbocycles. The van der Waals surface area contributed by atoms with Crippen molar-refractivity contribution in [1.29, 1.82) is 0 Å². The van der Waals surface area contributed by atoms with Crippen molar-refractivity contribution in [1.82, 2.24) is 10.2 Å². The molecule has 2 fully saturated rings. The average molecular weight is 232 g/mol. The lowest BCUT2D eigenvalue weighted by Crippen LogP contribution is -2.47. The summed E-state index contributed by atoms with van der Waals surface area (Å²) in [6.45, 7) is 3.87. The molecular weight excluding hydrogens is 210 g/mol. The highest BCUT2D eigenvalue weighted by molar-refractivity contribution is 4.82. The van der Waals surface area contributed by atoms with Crippen LogP contribution in [0.15, 0.2) is 0 Å². The van der Waals surface area contributed by atoms with Crippen molar-refractivity contribution in [3.8, 4) is 0 Å². The lowest BCUT2D eigenvalue weighted by Gasteiger charge is -2.38. The second-order valence-electron chi connectivity index (χ2n) is 5.09. The minimum absolute atomic E-state index is 0.469. The van der Waals surface area contributed by atoms with Gasteiger partial charge in [-0.1, -0.05) is 6.42 Å². The molecule has 0 spiro atoms. The van der Waals surface area contributed by atoms with Crippen molar-refractivity contribution in [2.75, 3.05) is 26.2 Å². The van der Waals surface area contributed by atoms with E-state index in [-0.39, 0.29) is 0 Å². The monoisotopic (exact) mass is 232 g/mol. The molecule has 16 heavy (non-hydrogen) atoms. The Morgan fingerprint density at radius 3 is 2.56 bits per heavy atom. The van der Waals surface area contributed by atoms with Gasteiger partial charge < -0.3 is 5.32 Å². The molecule has 1 atom stereocenters. The Morgan fingerprint density at radius 1 is 1.12 bits per heavy atom. The zero-order valence-corrected chi connectivity index (χ0v) is 9.80. The number of halogens is 2. The third kappa shape index (κ3) is 3.14. The summed E-state index contributed by atoms with van der Waals surface area (Å²) in [6, 6.07) is -0.469. The van der Waals surface area contributed by atoms with Crippen LogP contribution in [-0.4, -0.2) is 43.5 Å². The van der Waals surface area contributed by atoms with Gasteiger partial charge >= 0.3 is 0 Å². The molecule has 94 valence electrons. The molecular formula is C12H22F2N2. The van der Waals surface area contributed by atoms with Crippen molar-refractivity contribution in [2.24, 2.45) is 5.92 Å². The summed E-state index contributed by atoms with van der Waals surface area (Å²) >= 11 is 0. The van der Waals surface area contributed by atoms with E-state index in [4.69, 9.17) is 0 Å². The Balaban J connectivity index is 1.85. The molecule has 2 heterocycles. The zero-order chi connectivity index (χ0) is 11.4. The van der Waals surface area contributed by atoms with Crippen LogP contribution in [0.4, 0.5) is 8.78 Å². The molecule has 4 heteroatoms. The Kier molecular flexibility index (Phi) is 4.53. The zero-order valence-electron chi connectivity index (χ0n) is 9.80. The number of hydrogen-bond donors (Lipinski definition) is 1. The quantitative estimate of drug-likeness (QED) is 0.801. The van der Waals surface area contributed by atoms with Gasteiger partial charge in [0, 0.05) is 6.54 Å². The molecule has 0 saturated carbocycles. The van der Waals surface area contributed by atoms with Crippen molar-refractivity contribution in [3.63, 3.8) is 0 Å². The summed E-state index contributed by atoms with van der Waals surface area (Å²) in [5, 5.41) is 3.32. The first kappa shape index (κ1) is 12.2. The highest BCUT2D eigenvalue weighted by Crippen LogP contribution is 2.25. The minimum Gasteiger partial charge on any atom is -0.317 e. The second-order valence-corrected chi connectivity index (χ2v) is 5.09. The molecule has 1 N–H and O–H groups in total. The van der Waals surface area contributed by atoms with Gasteiger partial charge in [-0.25, -0.2) is 8.78 Å². The predicted molar refractivity (Wildman–Crippen MR) is 60.8 cm³/mol. The number of nitrogens with one attached hydrogen (secondary N) is 1. The van der Waals surface area contributed by atoms with Crippen LogP contribution in [0.5, 0.6) is 0 Å². The predicted octanol–water partition coefficient (Wildman–Crippen LogP) is 2.11. The highest BCUT2D eigenvalue weighted by atomic mass is 19.3. The van der Waals surface area contributed by atoms with Crippen molar-refractivity contribution in [3.05, 3.63) is 0 Å². The molecule has 0 amide bonds. The Bertz CT molecular complexity index is 205. The maximum absolute atomic E-state index is 12.9. The summed E-state index contributed by atoms with van der Waals surface area (Å²) in [5.41, 5.74) is 0. The van der Waals surface area contributed by atoms with E-state index in [0.29, 0.717) is 12.3 Å². The molecule has 2 aliphatic heterocycles. The van der Waals surface area contributed by atoms with Gasteiger partial charge in [-0.3, -0.25) is 4.90 Å². The fourth-order valence-corrected chi connectivity index (χ4v) is 2.92. The van der Waals surface area contributed by atoms with Gasteiger partial charge in [-0.15, -0.1) is 0 Å². The standard InChI is InChI=1S/C12H22F2N2/c13-12(14)11-3-1-2-8-16(11)9-10-4-6-15-7-5-10/h10-12,15H,1-9H2. The second kappa shape index (κ2) is 5.92. The first-order valence-electron chi connectivity index (χ1n) is 6.50. The van der Waals surface area contributed by atoms with E-state index < -0.39 is 12.5 Å². The molecule has 2 rings (SSSR count). The van der Waals surface area contributed by atoms with Crippen LogP contribution in [-0.2, 0) is 0 Å². The van der Waals surface area contributed by atoms with E-state index >= 15 is 0 Å². The van der Waals surface area contributed by atoms with Crippen LogP contribution in [0.2, 0.25) is 0 Å². The SMILES string of the molecule is FC(F)C1CCCCN1CC1CCNCC1. The summed E-state index contributed by atoms with van der Waals surface area (Å²) < 4.78 is 25.7. The Labute approximate surface area is 96.4 Å². The van der Waals surface area contributed by atoms with Crippen LogP contribution in [0.3, 0.4) is 0 Å². The summed E-state index contributed by atoms with van der Waals surface area (Å²) in [4.78, 5) is 2.05. The van der Waals surface area contributed by atoms with E-state index in [1.165, 1.54) is 0 Å². The number of hydrogen-bond acceptors (Lipinski definition) is 2. The third-order valence-corrected chi connectivity index (χ3v) is 3.91. The molecule has 0 radical (unpaired) electrons. The van der Waals surface area contributed by atoms with Crippen molar-refractivity contribution >= 4 is 0 Å². The molecule has 0 bridgehead atoms. The average Bonchev–Trinajstić information content (AvgIpc) is 2.31. The maximum atomic E-state index is 12.9. The lowest BCUT2D eigenvalue weighted by molar-refractivity contribution is -0.00486. The first-order valence-corrected chi connectivity index (χ1v) is 6.50. The fourth-order valence-electron chi connectivity index (χ4n) is 2.92. The van der Waals surface area contributed by atoms with Crippen molar-refractivity contribution in [2.45, 2.75) is 44.6 Å². The van der Waals surface area contributed by atoms with E-state index in [1.807, 2.05) is 4.90 Å². The molecule has 2 aliphatic rings. The fraction of sp³-hybridized carbons (Fsp3) is 1.00. The summed E-state index contributed by atoms with van der Waals surface area (Å²) in [7, 11) is 0. The van der Waals surface area contributed by atoms with E-state index in [0.717, 1.165) is 51.9 Å². The van der Waals surface area contributed by atoms with Crippen LogP contribution in [0.25, 0.3) is 0 Å². The number of alkyl halides is 2. The van der Waals surface area contributed by atoms with Gasteiger partial charge in [-0.2, -0.15) is 0 Å². The smallest absolute Gasteiger partial charge is 0.253 e. The summed E-state index contributed by atoms with van der Waals surface area (Å²) in [5.74, 6) is 0.626. The number of rotatable bonds is 3. The number of piperidine rings is 2. The molecule has 0 aliphatic carbocycles. The van der Waals surface area contributed by atoms with Gasteiger partial charge in [0.1, 0.15) is 0 Å². The topological polar surface area (TPSA) is 15.3 Å². The van der Waals surface area contributed by atoms with Crippen molar-refractivity contribution < 1.29 is 8.78 Å². The van der Waals surface area contributed by atoms with E-state index in [1.54, 1.807) is 0 Å². The van der Waals surface area contributed by atoms with Gasteiger partial charge in [0.2, 0.25) is 0 Å². The number of nitrogens with zero attached hydrogens (tertiary/aromatic N) is 1. The maximum Gasteiger partial charge on any atom is 0.253 e. The van der Waals surface area contributed by atoms with Crippen LogP contribution < -0.4 is 5.32 Å². The molecule has 0 aromatic heterocycles.